The summed E-state index contributed by atoms with van der Waals surface area (Å²) in [4.78, 5) is 27.2. The Hall–Kier alpha value is -1.30. The van der Waals surface area contributed by atoms with Crippen LogP contribution < -0.4 is 5.32 Å². The summed E-state index contributed by atoms with van der Waals surface area (Å²) in [5, 5.41) is 12.0. The van der Waals surface area contributed by atoms with Crippen molar-refractivity contribution < 1.29 is 14.7 Å². The van der Waals surface area contributed by atoms with Crippen LogP contribution in [0.2, 0.25) is 0 Å². The first kappa shape index (κ1) is 17.1. The topological polar surface area (TPSA) is 72.9 Å². The molecule has 2 rings (SSSR count). The second kappa shape index (κ2) is 7.81. The zero-order chi connectivity index (χ0) is 16.1. The maximum atomic E-state index is 12.4. The molecule has 126 valence electrons. The maximum absolute atomic E-state index is 12.4. The van der Waals surface area contributed by atoms with Crippen LogP contribution in [0.1, 0.15) is 52.4 Å². The number of carbonyl (C=O) groups excluding carboxylic acids is 1. The van der Waals surface area contributed by atoms with E-state index < -0.39 is 5.97 Å². The van der Waals surface area contributed by atoms with Crippen molar-refractivity contribution in [2.45, 2.75) is 70.5 Å². The molecule has 2 aliphatic rings. The molecule has 0 saturated heterocycles. The molecule has 0 aromatic rings. The molecule has 0 bridgehead atoms. The number of amides is 2. The summed E-state index contributed by atoms with van der Waals surface area (Å²) in [6.45, 7) is 5.60. The van der Waals surface area contributed by atoms with Gasteiger partial charge in [0.2, 0.25) is 0 Å². The fourth-order valence-electron chi connectivity index (χ4n) is 3.72. The second-order valence-electron chi connectivity index (χ2n) is 6.45. The van der Waals surface area contributed by atoms with E-state index >= 15 is 0 Å². The standard InChI is InChI=1S/C16H29N3O3/c1-3-18(11-15(20)21)14-9-12(10-14)17-16(22)19(4-2)13-7-5-6-8-13/h12-14H,3-11H2,1-2H3,(H,17,22)(H,20,21). The fourth-order valence-corrected chi connectivity index (χ4v) is 3.72. The lowest BCUT2D eigenvalue weighted by molar-refractivity contribution is -0.139. The molecule has 0 aromatic carbocycles. The fraction of sp³-hybridized carbons (Fsp3) is 0.875. The van der Waals surface area contributed by atoms with E-state index in [9.17, 15) is 9.59 Å². The molecule has 0 spiro atoms. The molecule has 0 unspecified atom stereocenters. The average molecular weight is 311 g/mol. The number of likely N-dealkylation sites (N-methyl/N-ethyl adjacent to an activating group) is 1. The van der Waals surface area contributed by atoms with E-state index in [-0.39, 0.29) is 24.7 Å². The molecule has 2 N–H and O–H groups in total. The third kappa shape index (κ3) is 4.12. The minimum Gasteiger partial charge on any atom is -0.480 e. The molecule has 2 fully saturated rings. The zero-order valence-corrected chi connectivity index (χ0v) is 13.8. The Morgan fingerprint density at radius 3 is 2.23 bits per heavy atom. The average Bonchev–Trinajstić information content (AvgIpc) is 2.94. The van der Waals surface area contributed by atoms with Crippen molar-refractivity contribution in [3.05, 3.63) is 0 Å². The van der Waals surface area contributed by atoms with Gasteiger partial charge in [0.1, 0.15) is 0 Å². The van der Waals surface area contributed by atoms with Crippen LogP contribution in [0.5, 0.6) is 0 Å². The summed E-state index contributed by atoms with van der Waals surface area (Å²) in [6, 6.07) is 0.933. The van der Waals surface area contributed by atoms with Crippen LogP contribution >= 0.6 is 0 Å². The highest BCUT2D eigenvalue weighted by Gasteiger charge is 2.36. The predicted molar refractivity (Wildman–Crippen MR) is 84.9 cm³/mol. The molecule has 0 aromatic heterocycles. The van der Waals surface area contributed by atoms with Crippen molar-refractivity contribution in [3.8, 4) is 0 Å². The predicted octanol–water partition coefficient (Wildman–Crippen LogP) is 1.90. The highest BCUT2D eigenvalue weighted by Crippen LogP contribution is 2.27. The van der Waals surface area contributed by atoms with Gasteiger partial charge >= 0.3 is 12.0 Å². The summed E-state index contributed by atoms with van der Waals surface area (Å²) in [5.74, 6) is -0.785. The zero-order valence-electron chi connectivity index (χ0n) is 13.8. The highest BCUT2D eigenvalue weighted by molar-refractivity contribution is 5.75. The summed E-state index contributed by atoms with van der Waals surface area (Å²) in [5.41, 5.74) is 0. The quantitative estimate of drug-likeness (QED) is 0.753. The van der Waals surface area contributed by atoms with Gasteiger partial charge in [-0.3, -0.25) is 9.69 Å². The number of aliphatic carboxylic acids is 1. The second-order valence-corrected chi connectivity index (χ2v) is 6.45. The number of carboxylic acid groups (broad SMARTS) is 1. The molecule has 6 nitrogen and oxygen atoms in total. The Morgan fingerprint density at radius 1 is 1.09 bits per heavy atom. The largest absolute Gasteiger partial charge is 0.480 e. The molecule has 0 atom stereocenters. The number of hydrogen-bond acceptors (Lipinski definition) is 3. The lowest BCUT2D eigenvalue weighted by atomic mass is 9.85. The van der Waals surface area contributed by atoms with Crippen LogP contribution in [0, 0.1) is 0 Å². The maximum Gasteiger partial charge on any atom is 0.317 e. The Balaban J connectivity index is 1.76. The summed E-state index contributed by atoms with van der Waals surface area (Å²) in [7, 11) is 0. The van der Waals surface area contributed by atoms with Gasteiger partial charge in [-0.05, 0) is 39.2 Å². The van der Waals surface area contributed by atoms with E-state index in [1.807, 2.05) is 23.6 Å². The first-order valence-corrected chi connectivity index (χ1v) is 8.58. The Labute approximate surface area is 132 Å². The summed E-state index contributed by atoms with van der Waals surface area (Å²) < 4.78 is 0. The first-order chi connectivity index (χ1) is 10.5. The van der Waals surface area contributed by atoms with E-state index in [1.54, 1.807) is 0 Å². The first-order valence-electron chi connectivity index (χ1n) is 8.58. The third-order valence-corrected chi connectivity index (χ3v) is 5.07. The number of rotatable bonds is 7. The molecule has 2 saturated carbocycles. The Kier molecular flexibility index (Phi) is 6.06. The lowest BCUT2D eigenvalue weighted by Gasteiger charge is -2.43. The van der Waals surface area contributed by atoms with Gasteiger partial charge in [0.25, 0.3) is 0 Å². The van der Waals surface area contributed by atoms with Gasteiger partial charge in [0, 0.05) is 24.7 Å². The van der Waals surface area contributed by atoms with Gasteiger partial charge in [-0.2, -0.15) is 0 Å². The molecule has 22 heavy (non-hydrogen) atoms. The van der Waals surface area contributed by atoms with Crippen molar-refractivity contribution in [2.75, 3.05) is 19.6 Å². The summed E-state index contributed by atoms with van der Waals surface area (Å²) in [6.07, 6.45) is 6.40. The van der Waals surface area contributed by atoms with Crippen molar-refractivity contribution in [2.24, 2.45) is 0 Å². The van der Waals surface area contributed by atoms with Gasteiger partial charge in [0.05, 0.1) is 6.54 Å². The minimum absolute atomic E-state index is 0.0548. The van der Waals surface area contributed by atoms with Crippen LogP contribution in [0.4, 0.5) is 4.79 Å². The van der Waals surface area contributed by atoms with Crippen molar-refractivity contribution in [1.82, 2.24) is 15.1 Å². The lowest BCUT2D eigenvalue weighted by Crippen LogP contribution is -2.57. The molecule has 2 aliphatic carbocycles. The normalized spacial score (nSPS) is 25.0. The summed E-state index contributed by atoms with van der Waals surface area (Å²) >= 11 is 0. The van der Waals surface area contributed by atoms with Gasteiger partial charge in [0.15, 0.2) is 0 Å². The Bertz CT molecular complexity index is 390. The molecular weight excluding hydrogens is 282 g/mol. The van der Waals surface area contributed by atoms with Crippen LogP contribution in [0.15, 0.2) is 0 Å². The Morgan fingerprint density at radius 2 is 1.73 bits per heavy atom. The van der Waals surface area contributed by atoms with Gasteiger partial charge < -0.3 is 15.3 Å². The van der Waals surface area contributed by atoms with E-state index in [2.05, 4.69) is 5.32 Å². The molecule has 0 radical (unpaired) electrons. The molecule has 0 heterocycles. The van der Waals surface area contributed by atoms with Crippen molar-refractivity contribution in [1.29, 1.82) is 0 Å². The van der Waals surface area contributed by atoms with E-state index in [0.717, 1.165) is 38.8 Å². The van der Waals surface area contributed by atoms with Gasteiger partial charge in [-0.15, -0.1) is 0 Å². The van der Waals surface area contributed by atoms with Gasteiger partial charge in [-0.25, -0.2) is 4.79 Å². The number of carboxylic acids is 1. The van der Waals surface area contributed by atoms with Gasteiger partial charge in [-0.1, -0.05) is 19.8 Å². The SMILES string of the molecule is CCN(CC(=O)O)C1CC(NC(=O)N(CC)C2CCCC2)C1. The van der Waals surface area contributed by atoms with E-state index in [0.29, 0.717) is 6.04 Å². The van der Waals surface area contributed by atoms with Crippen LogP contribution in [-0.2, 0) is 4.79 Å². The van der Waals surface area contributed by atoms with Crippen LogP contribution in [-0.4, -0.2) is 64.7 Å². The molecule has 2 amide bonds. The van der Waals surface area contributed by atoms with E-state index in [4.69, 9.17) is 5.11 Å². The van der Waals surface area contributed by atoms with Crippen LogP contribution in [0.25, 0.3) is 0 Å². The molecule has 0 aliphatic heterocycles. The van der Waals surface area contributed by atoms with Crippen molar-refractivity contribution >= 4 is 12.0 Å². The third-order valence-electron chi connectivity index (χ3n) is 5.07. The number of carbonyl (C=O) groups is 2. The number of nitrogens with one attached hydrogen (secondary N) is 1. The molecule has 6 heteroatoms. The number of hydrogen-bond donors (Lipinski definition) is 2. The van der Waals surface area contributed by atoms with Crippen molar-refractivity contribution in [3.63, 3.8) is 0 Å². The number of urea groups is 1. The van der Waals surface area contributed by atoms with Crippen LogP contribution in [0.3, 0.4) is 0 Å². The monoisotopic (exact) mass is 311 g/mol. The molecular formula is C16H29N3O3. The highest BCUT2D eigenvalue weighted by atomic mass is 16.4. The number of nitrogens with zero attached hydrogens (tertiary/aromatic N) is 2. The minimum atomic E-state index is -0.785. The smallest absolute Gasteiger partial charge is 0.317 e. The van der Waals surface area contributed by atoms with E-state index in [1.165, 1.54) is 12.8 Å².